The predicted octanol–water partition coefficient (Wildman–Crippen LogP) is -2.81. The van der Waals surface area contributed by atoms with Crippen molar-refractivity contribution in [1.82, 2.24) is 0 Å². The van der Waals surface area contributed by atoms with E-state index in [9.17, 15) is 0 Å². The molecule has 2 nitrogen and oxygen atoms in total. The van der Waals surface area contributed by atoms with Crippen LogP contribution in [-0.2, 0) is 19.5 Å². The second kappa shape index (κ2) is 326. The maximum absolute atomic E-state index is 6.25. The van der Waals surface area contributed by atoms with Gasteiger partial charge in [-0.3, -0.25) is 0 Å². The van der Waals surface area contributed by atoms with E-state index in [1.54, 1.807) is 0 Å². The number of rotatable bonds is 0. The maximum atomic E-state index is 6.25. The van der Waals surface area contributed by atoms with Crippen LogP contribution in [0.15, 0.2) is 0 Å². The smallest absolute Gasteiger partial charge is 0.512 e. The Morgan fingerprint density at radius 2 is 0.833 bits per heavy atom. The summed E-state index contributed by atoms with van der Waals surface area (Å²) < 4.78 is 0. The fourth-order valence-corrected chi connectivity index (χ4v) is 0. The first-order chi connectivity index (χ1) is 2.00. The summed E-state index contributed by atoms with van der Waals surface area (Å²) in [7, 11) is 0. The van der Waals surface area contributed by atoms with E-state index < -0.39 is 0 Å². The SMILES string of the molecule is [C-]#N.[C-]#N.[Na+].[Zn+2]. The standard InChI is InChI=1S/2CN.Na.Zn/c2*1-2;;/q2*-1;+1;+2. The van der Waals surface area contributed by atoms with E-state index in [0.29, 0.717) is 0 Å². The summed E-state index contributed by atoms with van der Waals surface area (Å²) >= 11 is 0. The molecule has 0 aromatic rings. The topological polar surface area (TPSA) is 47.6 Å². The van der Waals surface area contributed by atoms with Crippen LogP contribution < -0.4 is 29.6 Å². The van der Waals surface area contributed by atoms with Crippen LogP contribution in [0, 0.1) is 23.7 Å². The van der Waals surface area contributed by atoms with Gasteiger partial charge < -0.3 is 23.7 Å². The van der Waals surface area contributed by atoms with Crippen LogP contribution in [0.5, 0.6) is 0 Å². The Morgan fingerprint density at radius 3 is 0.833 bits per heavy atom. The summed E-state index contributed by atoms with van der Waals surface area (Å²) in [6.45, 7) is 9.50. The summed E-state index contributed by atoms with van der Waals surface area (Å²) in [5, 5.41) is 12.5. The Hall–Kier alpha value is 0.603. The Morgan fingerprint density at radius 1 is 0.833 bits per heavy atom. The molecule has 0 atom stereocenters. The third kappa shape index (κ3) is 164. The Balaban J connectivity index is -0.00000000500. The van der Waals surface area contributed by atoms with E-state index in [2.05, 4.69) is 0 Å². The van der Waals surface area contributed by atoms with Crippen LogP contribution in [0.4, 0.5) is 0 Å². The fourth-order valence-electron chi connectivity index (χ4n) is 0. The third-order valence-corrected chi connectivity index (χ3v) is 0. The van der Waals surface area contributed by atoms with Crippen molar-refractivity contribution in [2.45, 2.75) is 0 Å². The van der Waals surface area contributed by atoms with Crippen LogP contribution in [-0.4, -0.2) is 0 Å². The first kappa shape index (κ1) is 30.6. The monoisotopic (exact) mass is 139 g/mol. The molecule has 0 heterocycles. The average Bonchev–Trinajstić information content (AvgIpc) is 1.50. The van der Waals surface area contributed by atoms with Crippen molar-refractivity contribution in [2.24, 2.45) is 0 Å². The van der Waals surface area contributed by atoms with Crippen molar-refractivity contribution < 1.29 is 49.0 Å². The van der Waals surface area contributed by atoms with Crippen LogP contribution in [0.25, 0.3) is 0 Å². The number of hydrogen-bond donors (Lipinski definition) is 0. The van der Waals surface area contributed by atoms with Crippen molar-refractivity contribution in [3.63, 3.8) is 0 Å². The zero-order valence-electron chi connectivity index (χ0n) is 3.60. The summed E-state index contributed by atoms with van der Waals surface area (Å²) in [4.78, 5) is 0. The molecule has 0 saturated carbocycles. The Bertz CT molecular complexity index is 27.0. The molecule has 0 saturated heterocycles. The van der Waals surface area contributed by atoms with E-state index in [1.165, 1.54) is 0 Å². The van der Waals surface area contributed by atoms with Gasteiger partial charge in [-0.2, -0.15) is 0 Å². The minimum atomic E-state index is 0. The van der Waals surface area contributed by atoms with Gasteiger partial charge in [0.15, 0.2) is 0 Å². The van der Waals surface area contributed by atoms with Gasteiger partial charge in [0.1, 0.15) is 0 Å². The summed E-state index contributed by atoms with van der Waals surface area (Å²) in [6, 6.07) is 0. The number of hydrogen-bond acceptors (Lipinski definition) is 2. The molecule has 0 unspecified atom stereocenters. The van der Waals surface area contributed by atoms with E-state index in [-0.39, 0.29) is 49.0 Å². The molecule has 0 aliphatic rings. The minimum Gasteiger partial charge on any atom is -0.512 e. The van der Waals surface area contributed by atoms with Crippen molar-refractivity contribution in [3.8, 4) is 0 Å². The Kier molecular flexibility index (Phi) is 1660. The first-order valence-electron chi connectivity index (χ1n) is 0.447. The molecular weight excluding hydrogens is 140 g/mol. The summed E-state index contributed by atoms with van der Waals surface area (Å²) in [5.41, 5.74) is 0. The number of nitrogens with zero attached hydrogens (tertiary/aromatic N) is 2. The molecule has 0 amide bonds. The van der Waals surface area contributed by atoms with E-state index in [4.69, 9.17) is 23.7 Å². The molecule has 20 valence electrons. The second-order valence-electron chi connectivity index (χ2n) is 0. The van der Waals surface area contributed by atoms with Gasteiger partial charge in [-0.1, -0.05) is 0 Å². The average molecular weight is 140 g/mol. The van der Waals surface area contributed by atoms with Gasteiger partial charge in [-0.25, -0.2) is 0 Å². The van der Waals surface area contributed by atoms with Crippen molar-refractivity contribution in [2.75, 3.05) is 0 Å². The molecule has 0 aliphatic carbocycles. The van der Waals surface area contributed by atoms with Gasteiger partial charge in [0, 0.05) is 0 Å². The van der Waals surface area contributed by atoms with E-state index in [0.717, 1.165) is 0 Å². The molecule has 6 heavy (non-hydrogen) atoms. The van der Waals surface area contributed by atoms with E-state index in [1.807, 2.05) is 0 Å². The second-order valence-corrected chi connectivity index (χ2v) is 0. The predicted molar refractivity (Wildman–Crippen MR) is 9.94 cm³/mol. The quantitative estimate of drug-likeness (QED) is 0.269. The molecule has 0 radical (unpaired) electrons. The largest absolute Gasteiger partial charge is 2.00 e. The molecule has 0 fully saturated rings. The van der Waals surface area contributed by atoms with Crippen LogP contribution >= 0.6 is 0 Å². The molecular formula is C2N2NaZn+. The maximum Gasteiger partial charge on any atom is 2.00 e. The zero-order chi connectivity index (χ0) is 4.00. The fraction of sp³-hybridized carbons (Fsp3) is 0. The van der Waals surface area contributed by atoms with Gasteiger partial charge in [0.25, 0.3) is 0 Å². The molecule has 0 bridgehead atoms. The van der Waals surface area contributed by atoms with Gasteiger partial charge in [-0.15, -0.1) is 0 Å². The van der Waals surface area contributed by atoms with Crippen LogP contribution in [0.3, 0.4) is 0 Å². The summed E-state index contributed by atoms with van der Waals surface area (Å²) in [5.74, 6) is 0. The minimum absolute atomic E-state index is 0. The van der Waals surface area contributed by atoms with E-state index >= 15 is 0 Å². The van der Waals surface area contributed by atoms with Gasteiger partial charge in [0.05, 0.1) is 0 Å². The van der Waals surface area contributed by atoms with Gasteiger partial charge in [0.2, 0.25) is 0 Å². The zero-order valence-corrected chi connectivity index (χ0v) is 8.57. The van der Waals surface area contributed by atoms with Crippen LogP contribution in [0.2, 0.25) is 0 Å². The Labute approximate surface area is 72.2 Å². The van der Waals surface area contributed by atoms with Crippen molar-refractivity contribution in [1.29, 1.82) is 10.5 Å². The molecule has 4 heteroatoms. The molecule has 0 aromatic carbocycles. The third-order valence-electron chi connectivity index (χ3n) is 0. The molecule has 0 spiro atoms. The van der Waals surface area contributed by atoms with Crippen molar-refractivity contribution in [3.05, 3.63) is 13.1 Å². The first-order valence-corrected chi connectivity index (χ1v) is 0.447. The normalized spacial score (nSPS) is 0.667. The van der Waals surface area contributed by atoms with Crippen LogP contribution in [0.1, 0.15) is 0 Å². The molecule has 0 aliphatic heterocycles. The van der Waals surface area contributed by atoms with Gasteiger partial charge in [-0.05, 0) is 0 Å². The van der Waals surface area contributed by atoms with Crippen molar-refractivity contribution >= 4 is 0 Å². The molecule has 0 aromatic heterocycles. The summed E-state index contributed by atoms with van der Waals surface area (Å²) in [6.07, 6.45) is 0. The molecule has 0 rings (SSSR count). The van der Waals surface area contributed by atoms with Gasteiger partial charge >= 0.3 is 49.0 Å². The molecule has 0 N–H and O–H groups in total.